The highest BCUT2D eigenvalue weighted by Crippen LogP contribution is 2.19. The van der Waals surface area contributed by atoms with Crippen molar-refractivity contribution in [2.24, 2.45) is 0 Å². The van der Waals surface area contributed by atoms with Gasteiger partial charge in [-0.3, -0.25) is 14.8 Å². The average molecular weight is 349 g/mol. The Morgan fingerprint density at radius 3 is 2.77 bits per heavy atom. The number of hydrogen-bond donors (Lipinski definition) is 0. The van der Waals surface area contributed by atoms with Crippen LogP contribution in [-0.4, -0.2) is 50.2 Å². The van der Waals surface area contributed by atoms with Crippen LogP contribution in [0.1, 0.15) is 28.9 Å². The van der Waals surface area contributed by atoms with Gasteiger partial charge < -0.3 is 9.64 Å². The molecule has 1 fully saturated rings. The third-order valence-electron chi connectivity index (χ3n) is 4.44. The first-order valence-corrected chi connectivity index (χ1v) is 8.66. The van der Waals surface area contributed by atoms with E-state index >= 15 is 0 Å². The van der Waals surface area contributed by atoms with E-state index in [-0.39, 0.29) is 12.0 Å². The van der Waals surface area contributed by atoms with E-state index in [0.29, 0.717) is 18.0 Å². The summed E-state index contributed by atoms with van der Waals surface area (Å²) in [6.45, 7) is 3.13. The van der Waals surface area contributed by atoms with Gasteiger partial charge in [0.1, 0.15) is 6.10 Å². The first-order valence-electron chi connectivity index (χ1n) is 8.66. The van der Waals surface area contributed by atoms with E-state index in [4.69, 9.17) is 4.74 Å². The van der Waals surface area contributed by atoms with Crippen molar-refractivity contribution in [2.45, 2.75) is 25.9 Å². The summed E-state index contributed by atoms with van der Waals surface area (Å²) in [4.78, 5) is 23.2. The standard InChI is InChI=1S/C19H19N5O2/c1-13-4-7-18(23-22-13)26-15-3-2-10-24(12-15)19(25)14-5-6-16-17(11-14)21-9-8-20-16/h4-9,11,15H,2-3,10,12H2,1H3/t15-/m0/s1. The Balaban J connectivity index is 1.47. The molecule has 0 unspecified atom stereocenters. The molecule has 0 aliphatic carbocycles. The number of nitrogens with zero attached hydrogens (tertiary/aromatic N) is 5. The van der Waals surface area contributed by atoms with Crippen LogP contribution in [0.25, 0.3) is 11.0 Å². The maximum atomic E-state index is 12.9. The normalized spacial score (nSPS) is 17.3. The van der Waals surface area contributed by atoms with Crippen molar-refractivity contribution in [2.75, 3.05) is 13.1 Å². The number of piperidine rings is 1. The lowest BCUT2D eigenvalue weighted by molar-refractivity contribution is 0.0525. The van der Waals surface area contributed by atoms with Crippen molar-refractivity contribution >= 4 is 16.9 Å². The number of rotatable bonds is 3. The highest BCUT2D eigenvalue weighted by molar-refractivity contribution is 5.97. The van der Waals surface area contributed by atoms with Crippen molar-refractivity contribution in [3.63, 3.8) is 0 Å². The highest BCUT2D eigenvalue weighted by atomic mass is 16.5. The summed E-state index contributed by atoms with van der Waals surface area (Å²) < 4.78 is 5.91. The summed E-state index contributed by atoms with van der Waals surface area (Å²) in [5, 5.41) is 8.05. The van der Waals surface area contributed by atoms with Crippen molar-refractivity contribution in [3.05, 3.63) is 54.0 Å². The summed E-state index contributed by atoms with van der Waals surface area (Å²) in [6.07, 6.45) is 4.98. The first-order chi connectivity index (χ1) is 12.7. The second kappa shape index (κ2) is 7.03. The topological polar surface area (TPSA) is 81.1 Å². The fraction of sp³-hybridized carbons (Fsp3) is 0.316. The molecule has 7 heteroatoms. The van der Waals surface area contributed by atoms with Crippen LogP contribution in [0.15, 0.2) is 42.7 Å². The number of fused-ring (bicyclic) bond motifs is 1. The highest BCUT2D eigenvalue weighted by Gasteiger charge is 2.26. The largest absolute Gasteiger partial charge is 0.471 e. The molecule has 1 atom stereocenters. The van der Waals surface area contributed by atoms with Gasteiger partial charge in [0.2, 0.25) is 5.88 Å². The lowest BCUT2D eigenvalue weighted by Crippen LogP contribution is -2.44. The zero-order chi connectivity index (χ0) is 17.9. The summed E-state index contributed by atoms with van der Waals surface area (Å²) in [7, 11) is 0. The van der Waals surface area contributed by atoms with E-state index in [1.807, 2.05) is 30.0 Å². The summed E-state index contributed by atoms with van der Waals surface area (Å²) in [6, 6.07) is 9.10. The van der Waals surface area contributed by atoms with E-state index in [0.717, 1.165) is 36.1 Å². The average Bonchev–Trinajstić information content (AvgIpc) is 2.69. The van der Waals surface area contributed by atoms with Crippen LogP contribution in [0.2, 0.25) is 0 Å². The van der Waals surface area contributed by atoms with Crippen molar-refractivity contribution in [1.82, 2.24) is 25.1 Å². The van der Waals surface area contributed by atoms with Crippen molar-refractivity contribution < 1.29 is 9.53 Å². The first kappa shape index (κ1) is 16.4. The maximum Gasteiger partial charge on any atom is 0.254 e. The van der Waals surface area contributed by atoms with Crippen LogP contribution in [0, 0.1) is 6.92 Å². The molecule has 2 aromatic heterocycles. The Bertz CT molecular complexity index is 929. The van der Waals surface area contributed by atoms with Gasteiger partial charge in [-0.25, -0.2) is 0 Å². The Kier molecular flexibility index (Phi) is 4.43. The Hall–Kier alpha value is -3.09. The molecule has 1 aromatic carbocycles. The van der Waals surface area contributed by atoms with Crippen LogP contribution in [0.3, 0.4) is 0 Å². The van der Waals surface area contributed by atoms with Gasteiger partial charge in [-0.2, -0.15) is 5.10 Å². The number of aromatic nitrogens is 4. The van der Waals surface area contributed by atoms with Crippen LogP contribution >= 0.6 is 0 Å². The summed E-state index contributed by atoms with van der Waals surface area (Å²) in [5.74, 6) is 0.483. The minimum absolute atomic E-state index is 0.0131. The van der Waals surface area contributed by atoms with Crippen LogP contribution < -0.4 is 4.74 Å². The number of benzene rings is 1. The van der Waals surface area contributed by atoms with Gasteiger partial charge >= 0.3 is 0 Å². The second-order valence-corrected chi connectivity index (χ2v) is 6.41. The van der Waals surface area contributed by atoms with Crippen molar-refractivity contribution in [1.29, 1.82) is 0 Å². The lowest BCUT2D eigenvalue weighted by atomic mass is 10.1. The van der Waals surface area contributed by atoms with E-state index in [9.17, 15) is 4.79 Å². The van der Waals surface area contributed by atoms with Gasteiger partial charge in [0.25, 0.3) is 5.91 Å². The van der Waals surface area contributed by atoms with E-state index in [2.05, 4.69) is 20.2 Å². The van der Waals surface area contributed by atoms with Crippen LogP contribution in [-0.2, 0) is 0 Å². The number of hydrogen-bond acceptors (Lipinski definition) is 6. The minimum atomic E-state index is -0.0787. The molecule has 3 heterocycles. The molecule has 0 radical (unpaired) electrons. The maximum absolute atomic E-state index is 12.9. The van der Waals surface area contributed by atoms with Crippen LogP contribution in [0.5, 0.6) is 5.88 Å². The molecular weight excluding hydrogens is 330 g/mol. The number of amides is 1. The van der Waals surface area contributed by atoms with E-state index < -0.39 is 0 Å². The zero-order valence-electron chi connectivity index (χ0n) is 14.5. The van der Waals surface area contributed by atoms with E-state index in [1.54, 1.807) is 24.5 Å². The molecule has 0 N–H and O–H groups in total. The third-order valence-corrected chi connectivity index (χ3v) is 4.44. The summed E-state index contributed by atoms with van der Waals surface area (Å²) >= 11 is 0. The Morgan fingerprint density at radius 1 is 1.12 bits per heavy atom. The predicted octanol–water partition coefficient (Wildman–Crippen LogP) is 2.41. The Morgan fingerprint density at radius 2 is 1.96 bits per heavy atom. The number of carbonyl (C=O) groups is 1. The van der Waals surface area contributed by atoms with Gasteiger partial charge in [-0.15, -0.1) is 5.10 Å². The van der Waals surface area contributed by atoms with Gasteiger partial charge in [-0.05, 0) is 44.0 Å². The minimum Gasteiger partial charge on any atom is -0.471 e. The molecule has 0 bridgehead atoms. The number of ether oxygens (including phenoxy) is 1. The smallest absolute Gasteiger partial charge is 0.254 e. The fourth-order valence-electron chi connectivity index (χ4n) is 3.12. The second-order valence-electron chi connectivity index (χ2n) is 6.41. The van der Waals surface area contributed by atoms with Gasteiger partial charge in [0.05, 0.1) is 23.3 Å². The molecule has 3 aromatic rings. The van der Waals surface area contributed by atoms with E-state index in [1.165, 1.54) is 0 Å². The molecule has 1 aliphatic heterocycles. The van der Waals surface area contributed by atoms with Gasteiger partial charge in [0.15, 0.2) is 0 Å². The molecule has 1 aliphatic rings. The molecule has 7 nitrogen and oxygen atoms in total. The summed E-state index contributed by atoms with van der Waals surface area (Å²) in [5.41, 5.74) is 2.96. The molecule has 132 valence electrons. The monoisotopic (exact) mass is 349 g/mol. The predicted molar refractivity (Wildman–Crippen MR) is 95.9 cm³/mol. The molecule has 1 saturated heterocycles. The van der Waals surface area contributed by atoms with Crippen molar-refractivity contribution in [3.8, 4) is 5.88 Å². The molecular formula is C19H19N5O2. The van der Waals surface area contributed by atoms with Gasteiger partial charge in [0, 0.05) is 30.6 Å². The molecule has 4 rings (SSSR count). The molecule has 26 heavy (non-hydrogen) atoms. The molecule has 0 spiro atoms. The SMILES string of the molecule is Cc1ccc(O[C@H]2CCCN(C(=O)c3ccc4nccnc4c3)C2)nn1. The lowest BCUT2D eigenvalue weighted by Gasteiger charge is -2.32. The van der Waals surface area contributed by atoms with Gasteiger partial charge in [-0.1, -0.05) is 0 Å². The van der Waals surface area contributed by atoms with Crippen LogP contribution in [0.4, 0.5) is 0 Å². The molecule has 1 amide bonds. The third kappa shape index (κ3) is 3.46. The number of carbonyl (C=O) groups excluding carboxylic acids is 1. The Labute approximate surface area is 151 Å². The number of likely N-dealkylation sites (tertiary alicyclic amines) is 1. The quantitative estimate of drug-likeness (QED) is 0.722. The number of aryl methyl sites for hydroxylation is 1. The molecule has 0 saturated carbocycles. The zero-order valence-corrected chi connectivity index (χ0v) is 14.5. The fourth-order valence-corrected chi connectivity index (χ4v) is 3.12.